The van der Waals surface area contributed by atoms with Crippen LogP contribution in [0.3, 0.4) is 0 Å². The molecule has 0 radical (unpaired) electrons. The van der Waals surface area contributed by atoms with Gasteiger partial charge in [-0.2, -0.15) is 0 Å². The van der Waals surface area contributed by atoms with Gasteiger partial charge >= 0.3 is 0 Å². The molecule has 0 bridgehead atoms. The van der Waals surface area contributed by atoms with Gasteiger partial charge in [-0.3, -0.25) is 0 Å². The van der Waals surface area contributed by atoms with Crippen molar-refractivity contribution in [2.24, 2.45) is 0 Å². The van der Waals surface area contributed by atoms with Gasteiger partial charge in [0.1, 0.15) is 5.60 Å². The number of alkyl halides is 2. The lowest BCUT2D eigenvalue weighted by Gasteiger charge is -2.31. The number of piperidine rings is 1. The Kier molecular flexibility index (Phi) is 2.21. The molecule has 1 rings (SSSR count). The summed E-state index contributed by atoms with van der Waals surface area (Å²) in [5, 5.41) is 11.9. The van der Waals surface area contributed by atoms with Crippen molar-refractivity contribution in [2.45, 2.75) is 24.9 Å². The van der Waals surface area contributed by atoms with Crippen molar-refractivity contribution in [3.63, 3.8) is 0 Å². The first-order chi connectivity index (χ1) is 4.65. The predicted molar refractivity (Wildman–Crippen MR) is 33.1 cm³/mol. The Morgan fingerprint density at radius 3 is 2.50 bits per heavy atom. The van der Waals surface area contributed by atoms with E-state index in [9.17, 15) is 8.78 Å². The van der Waals surface area contributed by atoms with Gasteiger partial charge in [0.2, 0.25) is 0 Å². The van der Waals surface area contributed by atoms with E-state index in [-0.39, 0.29) is 13.0 Å². The van der Waals surface area contributed by atoms with Crippen LogP contribution in [0.5, 0.6) is 0 Å². The van der Waals surface area contributed by atoms with Crippen LogP contribution in [-0.4, -0.2) is 30.2 Å². The van der Waals surface area contributed by atoms with Crippen LogP contribution in [0.15, 0.2) is 0 Å². The molecular weight excluding hydrogens is 140 g/mol. The van der Waals surface area contributed by atoms with E-state index >= 15 is 0 Å². The second-order valence-electron chi connectivity index (χ2n) is 2.68. The molecule has 10 heavy (non-hydrogen) atoms. The number of aliphatic hydroxyl groups is 1. The molecule has 1 atom stereocenters. The van der Waals surface area contributed by atoms with Crippen molar-refractivity contribution >= 4 is 0 Å². The summed E-state index contributed by atoms with van der Waals surface area (Å²) in [4.78, 5) is 0. The topological polar surface area (TPSA) is 32.3 Å². The second-order valence-corrected chi connectivity index (χ2v) is 2.68. The third-order valence-corrected chi connectivity index (χ3v) is 1.80. The Labute approximate surface area is 58.2 Å². The molecule has 1 aliphatic heterocycles. The highest BCUT2D eigenvalue weighted by molar-refractivity contribution is 4.87. The molecule has 0 aromatic carbocycles. The monoisotopic (exact) mass is 151 g/mol. The molecule has 0 aromatic heterocycles. The highest BCUT2D eigenvalue weighted by atomic mass is 19.3. The molecule has 2 nitrogen and oxygen atoms in total. The lowest BCUT2D eigenvalue weighted by Crippen LogP contribution is -2.50. The molecule has 1 fully saturated rings. The summed E-state index contributed by atoms with van der Waals surface area (Å²) in [7, 11) is 0. The van der Waals surface area contributed by atoms with E-state index in [4.69, 9.17) is 5.11 Å². The summed E-state index contributed by atoms with van der Waals surface area (Å²) >= 11 is 0. The molecule has 4 heteroatoms. The molecule has 0 aliphatic carbocycles. The molecule has 0 spiro atoms. The minimum Gasteiger partial charge on any atom is -0.383 e. The maximum atomic E-state index is 12.0. The minimum atomic E-state index is -2.62. The zero-order valence-corrected chi connectivity index (χ0v) is 5.61. The zero-order valence-electron chi connectivity index (χ0n) is 5.61. The molecule has 1 saturated heterocycles. The largest absolute Gasteiger partial charge is 0.383 e. The van der Waals surface area contributed by atoms with Crippen LogP contribution < -0.4 is 5.32 Å². The Balaban J connectivity index is 2.48. The van der Waals surface area contributed by atoms with E-state index in [0.29, 0.717) is 6.42 Å². The molecule has 0 amide bonds. The molecule has 1 unspecified atom stereocenters. The van der Waals surface area contributed by atoms with E-state index in [2.05, 4.69) is 5.32 Å². The van der Waals surface area contributed by atoms with Gasteiger partial charge in [-0.05, 0) is 19.4 Å². The predicted octanol–water partition coefficient (Wildman–Crippen LogP) is 0.366. The fourth-order valence-corrected chi connectivity index (χ4v) is 1.10. The van der Waals surface area contributed by atoms with E-state index < -0.39 is 12.0 Å². The second kappa shape index (κ2) is 2.80. The van der Waals surface area contributed by atoms with Gasteiger partial charge in [0.15, 0.2) is 0 Å². The van der Waals surface area contributed by atoms with Crippen LogP contribution in [-0.2, 0) is 0 Å². The van der Waals surface area contributed by atoms with Crippen LogP contribution >= 0.6 is 0 Å². The van der Waals surface area contributed by atoms with Crippen LogP contribution in [0.2, 0.25) is 0 Å². The molecule has 60 valence electrons. The maximum absolute atomic E-state index is 12.0. The molecular formula is C6H11F2NO. The lowest BCUT2D eigenvalue weighted by molar-refractivity contribution is -0.107. The van der Waals surface area contributed by atoms with E-state index in [1.807, 2.05) is 0 Å². The van der Waals surface area contributed by atoms with Gasteiger partial charge in [0.05, 0.1) is 0 Å². The summed E-state index contributed by atoms with van der Waals surface area (Å²) in [6.07, 6.45) is -1.79. The van der Waals surface area contributed by atoms with Gasteiger partial charge in [-0.25, -0.2) is 8.78 Å². The number of hydrogen-bond donors (Lipinski definition) is 2. The SMILES string of the molecule is OC1(C(F)F)CCCNC1. The quantitative estimate of drug-likeness (QED) is 0.567. The van der Waals surface area contributed by atoms with Crippen LogP contribution in [0.4, 0.5) is 8.78 Å². The smallest absolute Gasteiger partial charge is 0.268 e. The summed E-state index contributed by atoms with van der Waals surface area (Å²) < 4.78 is 24.0. The van der Waals surface area contributed by atoms with Crippen LogP contribution in [0.25, 0.3) is 0 Å². The molecule has 1 aliphatic rings. The van der Waals surface area contributed by atoms with Crippen molar-refractivity contribution in [3.05, 3.63) is 0 Å². The molecule has 1 heterocycles. The highest BCUT2D eigenvalue weighted by Crippen LogP contribution is 2.22. The van der Waals surface area contributed by atoms with Gasteiger partial charge < -0.3 is 10.4 Å². The fourth-order valence-electron chi connectivity index (χ4n) is 1.10. The number of nitrogens with one attached hydrogen (secondary N) is 1. The summed E-state index contributed by atoms with van der Waals surface area (Å²) in [6, 6.07) is 0. The van der Waals surface area contributed by atoms with E-state index in [1.54, 1.807) is 0 Å². The lowest BCUT2D eigenvalue weighted by atomic mass is 9.95. The molecule has 0 aromatic rings. The Bertz CT molecular complexity index is 112. The number of hydrogen-bond acceptors (Lipinski definition) is 2. The van der Waals surface area contributed by atoms with Gasteiger partial charge in [-0.1, -0.05) is 0 Å². The first kappa shape index (κ1) is 7.88. The third-order valence-electron chi connectivity index (χ3n) is 1.80. The van der Waals surface area contributed by atoms with Crippen molar-refractivity contribution in [3.8, 4) is 0 Å². The molecule has 0 saturated carbocycles. The number of β-amino-alcohol motifs (C(OH)–C–C–N with tert-alkyl or cyclic N) is 1. The van der Waals surface area contributed by atoms with Crippen molar-refractivity contribution < 1.29 is 13.9 Å². The van der Waals surface area contributed by atoms with Crippen LogP contribution in [0, 0.1) is 0 Å². The number of halogens is 2. The zero-order chi connectivity index (χ0) is 7.61. The highest BCUT2D eigenvalue weighted by Gasteiger charge is 2.38. The minimum absolute atomic E-state index is 0.0185. The van der Waals surface area contributed by atoms with Crippen molar-refractivity contribution in [2.75, 3.05) is 13.1 Å². The van der Waals surface area contributed by atoms with Crippen molar-refractivity contribution in [1.82, 2.24) is 5.32 Å². The Morgan fingerprint density at radius 2 is 2.20 bits per heavy atom. The standard InChI is InChI=1S/C6H11F2NO/c7-5(8)6(10)2-1-3-9-4-6/h5,9-10H,1-4H2. The van der Waals surface area contributed by atoms with Crippen molar-refractivity contribution in [1.29, 1.82) is 0 Å². The Hall–Kier alpha value is -0.220. The van der Waals surface area contributed by atoms with Gasteiger partial charge in [-0.15, -0.1) is 0 Å². The molecule has 2 N–H and O–H groups in total. The van der Waals surface area contributed by atoms with E-state index in [0.717, 1.165) is 6.54 Å². The normalized spacial score (nSPS) is 34.8. The van der Waals surface area contributed by atoms with E-state index in [1.165, 1.54) is 0 Å². The first-order valence-corrected chi connectivity index (χ1v) is 3.36. The van der Waals surface area contributed by atoms with Gasteiger partial charge in [0, 0.05) is 6.54 Å². The van der Waals surface area contributed by atoms with Crippen LogP contribution in [0.1, 0.15) is 12.8 Å². The Morgan fingerprint density at radius 1 is 1.50 bits per heavy atom. The fraction of sp³-hybridized carbons (Fsp3) is 1.00. The first-order valence-electron chi connectivity index (χ1n) is 3.36. The summed E-state index contributed by atoms with van der Waals surface area (Å²) in [5.74, 6) is 0. The summed E-state index contributed by atoms with van der Waals surface area (Å²) in [5.41, 5.74) is -1.77. The summed E-state index contributed by atoms with van der Waals surface area (Å²) in [6.45, 7) is 0.750. The van der Waals surface area contributed by atoms with Gasteiger partial charge in [0.25, 0.3) is 6.43 Å². The average molecular weight is 151 g/mol. The number of rotatable bonds is 1. The maximum Gasteiger partial charge on any atom is 0.268 e. The average Bonchev–Trinajstić information content (AvgIpc) is 1.89. The third kappa shape index (κ3) is 1.44.